The average molecular weight is 367 g/mol. The third kappa shape index (κ3) is 13.3. The zero-order valence-corrected chi connectivity index (χ0v) is 14.9. The molecule has 0 fully saturated rings. The van der Waals surface area contributed by atoms with Crippen LogP contribution in [0.25, 0.3) is 0 Å². The van der Waals surface area contributed by atoms with E-state index in [0.717, 1.165) is 25.8 Å². The second kappa shape index (κ2) is 12.3. The topological polar surface area (TPSA) is 78.2 Å². The van der Waals surface area contributed by atoms with Crippen molar-refractivity contribution < 1.29 is 21.9 Å². The van der Waals surface area contributed by atoms with Crippen molar-refractivity contribution in [2.75, 3.05) is 11.9 Å². The SMILES string of the molecule is Cc1cccc(C)c1NCCCCCCCC(F)(F)F.NS(=O)[O-]. The van der Waals surface area contributed by atoms with Gasteiger partial charge in [-0.2, -0.15) is 13.2 Å². The molecular formula is C16H26F3N2O2S-. The minimum atomic E-state index is -4.00. The van der Waals surface area contributed by atoms with Gasteiger partial charge in [-0.25, -0.2) is 0 Å². The van der Waals surface area contributed by atoms with Crippen molar-refractivity contribution >= 4 is 17.0 Å². The maximum Gasteiger partial charge on any atom is 0.389 e. The molecule has 24 heavy (non-hydrogen) atoms. The summed E-state index contributed by atoms with van der Waals surface area (Å²) in [4.78, 5) is 0. The summed E-state index contributed by atoms with van der Waals surface area (Å²) in [6, 6.07) is 6.19. The highest BCUT2D eigenvalue weighted by Gasteiger charge is 2.25. The number of halogens is 3. The van der Waals surface area contributed by atoms with E-state index >= 15 is 0 Å². The first-order valence-corrected chi connectivity index (χ1v) is 8.98. The molecule has 0 aliphatic rings. The van der Waals surface area contributed by atoms with Crippen LogP contribution >= 0.6 is 0 Å². The lowest BCUT2D eigenvalue weighted by atomic mass is 10.1. The standard InChI is InChI=1S/C16H24F3N.H3NO2S/c1-13-9-8-10-14(2)15(13)20-12-7-5-3-4-6-11-16(17,18)19;1-4(2)3/h8-10,20H,3-7,11-12H2,1-2H3;1H2,(H,2,3)/p-1. The van der Waals surface area contributed by atoms with Gasteiger partial charge in [-0.15, -0.1) is 0 Å². The first-order valence-electron chi connectivity index (χ1n) is 7.84. The number of unbranched alkanes of at least 4 members (excludes halogenated alkanes) is 4. The lowest BCUT2D eigenvalue weighted by Crippen LogP contribution is -2.06. The monoisotopic (exact) mass is 367 g/mol. The molecule has 0 heterocycles. The van der Waals surface area contributed by atoms with Crippen LogP contribution in [0.5, 0.6) is 0 Å². The normalized spacial score (nSPS) is 12.3. The molecule has 0 aliphatic carbocycles. The van der Waals surface area contributed by atoms with Crippen LogP contribution < -0.4 is 10.5 Å². The summed E-state index contributed by atoms with van der Waals surface area (Å²) in [5, 5.41) is 7.44. The van der Waals surface area contributed by atoms with Gasteiger partial charge >= 0.3 is 6.18 Å². The number of alkyl halides is 3. The molecule has 140 valence electrons. The van der Waals surface area contributed by atoms with Gasteiger partial charge in [0.25, 0.3) is 0 Å². The average Bonchev–Trinajstić information content (AvgIpc) is 2.42. The Balaban J connectivity index is 0.00000118. The van der Waals surface area contributed by atoms with Crippen molar-refractivity contribution in [3.05, 3.63) is 29.3 Å². The van der Waals surface area contributed by atoms with E-state index in [0.29, 0.717) is 6.42 Å². The molecule has 0 aromatic heterocycles. The third-order valence-corrected chi connectivity index (χ3v) is 3.42. The summed E-state index contributed by atoms with van der Waals surface area (Å²) in [6.45, 7) is 5.03. The fraction of sp³-hybridized carbons (Fsp3) is 0.625. The van der Waals surface area contributed by atoms with Crippen molar-refractivity contribution in [2.24, 2.45) is 5.14 Å². The molecule has 1 aromatic rings. The fourth-order valence-corrected chi connectivity index (χ4v) is 2.29. The molecular weight excluding hydrogens is 341 g/mol. The highest BCUT2D eigenvalue weighted by molar-refractivity contribution is 7.76. The molecule has 1 aromatic carbocycles. The van der Waals surface area contributed by atoms with Crippen LogP contribution in [0.4, 0.5) is 18.9 Å². The van der Waals surface area contributed by atoms with Gasteiger partial charge in [-0.3, -0.25) is 9.35 Å². The Labute approximate surface area is 144 Å². The van der Waals surface area contributed by atoms with Gasteiger partial charge in [0.1, 0.15) is 0 Å². The molecule has 1 rings (SSSR count). The Morgan fingerprint density at radius 2 is 1.54 bits per heavy atom. The Bertz CT molecular complexity index is 472. The van der Waals surface area contributed by atoms with Gasteiger partial charge in [0.2, 0.25) is 0 Å². The highest BCUT2D eigenvalue weighted by Crippen LogP contribution is 2.23. The smallest absolute Gasteiger partial charge is 0.389 e. The van der Waals surface area contributed by atoms with Gasteiger partial charge in [0.05, 0.1) is 0 Å². The molecule has 0 amide bonds. The van der Waals surface area contributed by atoms with Crippen LogP contribution in [0, 0.1) is 13.8 Å². The van der Waals surface area contributed by atoms with Crippen molar-refractivity contribution in [2.45, 2.75) is 58.5 Å². The number of hydrogen-bond acceptors (Lipinski definition) is 3. The minimum Gasteiger partial charge on any atom is -0.760 e. The summed E-state index contributed by atoms with van der Waals surface area (Å²) in [6.07, 6.45) is -0.853. The van der Waals surface area contributed by atoms with E-state index < -0.39 is 23.9 Å². The van der Waals surface area contributed by atoms with Crippen LogP contribution in [-0.2, 0) is 11.3 Å². The molecule has 0 saturated heterocycles. The number of nitrogens with one attached hydrogen (secondary N) is 1. The number of benzene rings is 1. The molecule has 0 radical (unpaired) electrons. The largest absolute Gasteiger partial charge is 0.760 e. The first kappa shape index (κ1) is 22.9. The molecule has 0 spiro atoms. The van der Waals surface area contributed by atoms with Crippen LogP contribution in [0.1, 0.15) is 49.7 Å². The van der Waals surface area contributed by atoms with Gasteiger partial charge in [-0.05, 0) is 37.8 Å². The van der Waals surface area contributed by atoms with E-state index in [-0.39, 0.29) is 6.42 Å². The van der Waals surface area contributed by atoms with E-state index in [1.54, 1.807) is 0 Å². The van der Waals surface area contributed by atoms with Gasteiger partial charge in [0.15, 0.2) is 0 Å². The van der Waals surface area contributed by atoms with Crippen LogP contribution in [-0.4, -0.2) is 21.5 Å². The number of anilines is 1. The van der Waals surface area contributed by atoms with Crippen molar-refractivity contribution in [1.82, 2.24) is 0 Å². The van der Waals surface area contributed by atoms with E-state index in [4.69, 9.17) is 8.76 Å². The maximum absolute atomic E-state index is 11.9. The van der Waals surface area contributed by atoms with Crippen LogP contribution in [0.2, 0.25) is 0 Å². The number of aryl methyl sites for hydroxylation is 2. The number of rotatable bonds is 8. The van der Waals surface area contributed by atoms with E-state index in [2.05, 4.69) is 36.4 Å². The maximum atomic E-state index is 11.9. The highest BCUT2D eigenvalue weighted by atomic mass is 32.2. The van der Waals surface area contributed by atoms with Gasteiger partial charge in [-0.1, -0.05) is 37.5 Å². The van der Waals surface area contributed by atoms with Gasteiger partial charge < -0.3 is 9.87 Å². The number of para-hydroxylation sites is 1. The van der Waals surface area contributed by atoms with E-state index in [1.165, 1.54) is 16.8 Å². The summed E-state index contributed by atoms with van der Waals surface area (Å²) in [5.41, 5.74) is 3.65. The molecule has 4 nitrogen and oxygen atoms in total. The zero-order valence-electron chi connectivity index (χ0n) is 14.1. The second-order valence-corrected chi connectivity index (χ2v) is 6.11. The predicted molar refractivity (Wildman–Crippen MR) is 91.3 cm³/mol. The zero-order chi connectivity index (χ0) is 18.6. The predicted octanol–water partition coefficient (Wildman–Crippen LogP) is 4.36. The number of nitrogens with two attached hydrogens (primary N) is 1. The molecule has 0 aliphatic heterocycles. The molecule has 0 bridgehead atoms. The lowest BCUT2D eigenvalue weighted by Gasteiger charge is -2.12. The van der Waals surface area contributed by atoms with Gasteiger partial charge in [0, 0.05) is 29.9 Å². The summed E-state index contributed by atoms with van der Waals surface area (Å²) in [7, 11) is 0. The molecule has 8 heteroatoms. The quantitative estimate of drug-likeness (QED) is 0.529. The second-order valence-electron chi connectivity index (χ2n) is 5.59. The summed E-state index contributed by atoms with van der Waals surface area (Å²) in [5.74, 6) is 0. The van der Waals surface area contributed by atoms with E-state index in [9.17, 15) is 13.2 Å². The van der Waals surface area contributed by atoms with E-state index in [1.807, 2.05) is 6.07 Å². The first-order chi connectivity index (χ1) is 11.1. The Kier molecular flexibility index (Phi) is 11.7. The Hall–Kier alpha value is -1.12. The summed E-state index contributed by atoms with van der Waals surface area (Å²) >= 11 is -2.36. The van der Waals surface area contributed by atoms with Crippen molar-refractivity contribution in [1.29, 1.82) is 0 Å². The third-order valence-electron chi connectivity index (χ3n) is 3.42. The molecule has 1 unspecified atom stereocenters. The molecule has 3 N–H and O–H groups in total. The lowest BCUT2D eigenvalue weighted by molar-refractivity contribution is -0.135. The Morgan fingerprint density at radius 1 is 1.08 bits per heavy atom. The minimum absolute atomic E-state index is 0.258. The van der Waals surface area contributed by atoms with Crippen molar-refractivity contribution in [3.8, 4) is 0 Å². The van der Waals surface area contributed by atoms with Crippen LogP contribution in [0.3, 0.4) is 0 Å². The molecule has 0 saturated carbocycles. The molecule has 1 atom stereocenters. The fourth-order valence-electron chi connectivity index (χ4n) is 2.29. The van der Waals surface area contributed by atoms with Crippen LogP contribution in [0.15, 0.2) is 18.2 Å². The summed E-state index contributed by atoms with van der Waals surface area (Å²) < 4.78 is 53.4. The Morgan fingerprint density at radius 3 is 2.04 bits per heavy atom. The van der Waals surface area contributed by atoms with Crippen molar-refractivity contribution in [3.63, 3.8) is 0 Å². The number of hydrogen-bond donors (Lipinski definition) is 2.